The number of aromatic nitrogens is 2. The predicted molar refractivity (Wildman–Crippen MR) is 92.7 cm³/mol. The highest BCUT2D eigenvalue weighted by molar-refractivity contribution is 5.85. The number of piperidine rings is 1. The zero-order valence-electron chi connectivity index (χ0n) is 13.9. The van der Waals surface area contributed by atoms with Crippen LogP contribution < -0.4 is 10.6 Å². The van der Waals surface area contributed by atoms with Crippen molar-refractivity contribution in [3.8, 4) is 0 Å². The Morgan fingerprint density at radius 1 is 1.21 bits per heavy atom. The lowest BCUT2D eigenvalue weighted by molar-refractivity contribution is -0.132. The van der Waals surface area contributed by atoms with Gasteiger partial charge in [0, 0.05) is 18.4 Å². The van der Waals surface area contributed by atoms with E-state index in [1.165, 1.54) is 11.1 Å². The molecule has 5 nitrogen and oxygen atoms in total. The molecule has 0 radical (unpaired) electrons. The predicted octanol–water partition coefficient (Wildman–Crippen LogP) is 1.64. The van der Waals surface area contributed by atoms with Gasteiger partial charge >= 0.3 is 0 Å². The van der Waals surface area contributed by atoms with Gasteiger partial charge in [-0.3, -0.25) is 9.48 Å². The van der Waals surface area contributed by atoms with Crippen molar-refractivity contribution in [1.29, 1.82) is 0 Å². The van der Waals surface area contributed by atoms with E-state index in [4.69, 9.17) is 0 Å². The molecule has 1 aromatic carbocycles. The Kier molecular flexibility index (Phi) is 4.10. The highest BCUT2D eigenvalue weighted by Crippen LogP contribution is 2.28. The van der Waals surface area contributed by atoms with Gasteiger partial charge in [-0.05, 0) is 62.4 Å². The summed E-state index contributed by atoms with van der Waals surface area (Å²) < 4.78 is 1.86. The van der Waals surface area contributed by atoms with Gasteiger partial charge in [0.05, 0.1) is 0 Å². The van der Waals surface area contributed by atoms with E-state index >= 15 is 0 Å². The third-order valence-corrected chi connectivity index (χ3v) is 5.48. The Balaban J connectivity index is 1.52. The number of carbonyl (C=O) groups is 1. The van der Waals surface area contributed by atoms with Crippen LogP contribution in [0.3, 0.4) is 0 Å². The number of hydrogen-bond donors (Lipinski definition) is 2. The number of fused-ring (bicyclic) bond motifs is 1. The molecule has 24 heavy (non-hydrogen) atoms. The molecule has 0 bridgehead atoms. The smallest absolute Gasteiger partial charge is 0.248 e. The summed E-state index contributed by atoms with van der Waals surface area (Å²) in [6.45, 7) is 1.70. The summed E-state index contributed by atoms with van der Waals surface area (Å²) in [5, 5.41) is 11.1. The second-order valence-corrected chi connectivity index (χ2v) is 6.91. The Labute approximate surface area is 142 Å². The monoisotopic (exact) mass is 324 g/mol. The Hall–Kier alpha value is -2.14. The van der Waals surface area contributed by atoms with E-state index in [2.05, 4.69) is 40.0 Å². The molecular formula is C19H24N4O. The molecule has 2 aliphatic rings. The molecule has 5 heteroatoms. The SMILES string of the molecule is O=C(NC1CCc2ccccc2C1)C1(n2cccn2)CCNCC1. The summed E-state index contributed by atoms with van der Waals surface area (Å²) in [7, 11) is 0. The van der Waals surface area contributed by atoms with Gasteiger partial charge in [-0.25, -0.2) is 0 Å². The van der Waals surface area contributed by atoms with Gasteiger partial charge in [0.1, 0.15) is 5.54 Å². The lowest BCUT2D eigenvalue weighted by atomic mass is 9.85. The molecule has 2 N–H and O–H groups in total. The highest BCUT2D eigenvalue weighted by Gasteiger charge is 2.42. The summed E-state index contributed by atoms with van der Waals surface area (Å²) in [5.41, 5.74) is 2.24. The van der Waals surface area contributed by atoms with Gasteiger partial charge < -0.3 is 10.6 Å². The van der Waals surface area contributed by atoms with Crippen LogP contribution in [0.4, 0.5) is 0 Å². The van der Waals surface area contributed by atoms with Crippen LogP contribution in [-0.4, -0.2) is 34.8 Å². The summed E-state index contributed by atoms with van der Waals surface area (Å²) >= 11 is 0. The minimum atomic E-state index is -0.550. The van der Waals surface area contributed by atoms with Crippen LogP contribution in [0.15, 0.2) is 42.7 Å². The van der Waals surface area contributed by atoms with E-state index < -0.39 is 5.54 Å². The molecule has 126 valence electrons. The van der Waals surface area contributed by atoms with Crippen LogP contribution in [0.25, 0.3) is 0 Å². The average Bonchev–Trinajstić information content (AvgIpc) is 3.17. The molecule has 2 aromatic rings. The second kappa shape index (κ2) is 6.40. The molecule has 0 spiro atoms. The van der Waals surface area contributed by atoms with Crippen molar-refractivity contribution in [3.63, 3.8) is 0 Å². The molecule has 1 aliphatic heterocycles. The fourth-order valence-corrected chi connectivity index (χ4v) is 4.06. The van der Waals surface area contributed by atoms with Crippen LogP contribution in [-0.2, 0) is 23.2 Å². The zero-order chi connectivity index (χ0) is 16.4. The number of amides is 1. The van der Waals surface area contributed by atoms with E-state index in [-0.39, 0.29) is 11.9 Å². The van der Waals surface area contributed by atoms with Crippen LogP contribution in [0.2, 0.25) is 0 Å². The quantitative estimate of drug-likeness (QED) is 0.902. The number of rotatable bonds is 3. The number of nitrogens with zero attached hydrogens (tertiary/aromatic N) is 2. The molecule has 1 amide bonds. The van der Waals surface area contributed by atoms with Crippen LogP contribution in [0, 0.1) is 0 Å². The lowest BCUT2D eigenvalue weighted by Crippen LogP contribution is -2.57. The van der Waals surface area contributed by atoms with Crippen molar-refractivity contribution < 1.29 is 4.79 Å². The van der Waals surface area contributed by atoms with Gasteiger partial charge in [-0.1, -0.05) is 24.3 Å². The summed E-state index contributed by atoms with van der Waals surface area (Å²) in [4.78, 5) is 13.2. The number of nitrogens with one attached hydrogen (secondary N) is 2. The maximum atomic E-state index is 13.2. The molecule has 2 heterocycles. The van der Waals surface area contributed by atoms with E-state index in [1.807, 2.05) is 16.9 Å². The number of hydrogen-bond acceptors (Lipinski definition) is 3. The Morgan fingerprint density at radius 2 is 2.00 bits per heavy atom. The van der Waals surface area contributed by atoms with Crippen molar-refractivity contribution in [3.05, 3.63) is 53.9 Å². The minimum absolute atomic E-state index is 0.122. The molecule has 1 atom stereocenters. The third-order valence-electron chi connectivity index (χ3n) is 5.48. The maximum Gasteiger partial charge on any atom is 0.248 e. The first-order valence-corrected chi connectivity index (χ1v) is 8.86. The van der Waals surface area contributed by atoms with Crippen molar-refractivity contribution in [2.24, 2.45) is 0 Å². The minimum Gasteiger partial charge on any atom is -0.351 e. The van der Waals surface area contributed by atoms with E-state index in [0.29, 0.717) is 0 Å². The van der Waals surface area contributed by atoms with Crippen molar-refractivity contribution in [2.45, 2.75) is 43.7 Å². The van der Waals surface area contributed by atoms with E-state index in [9.17, 15) is 4.79 Å². The van der Waals surface area contributed by atoms with Crippen LogP contribution in [0.1, 0.15) is 30.4 Å². The molecule has 1 saturated heterocycles. The topological polar surface area (TPSA) is 59.0 Å². The first kappa shape index (κ1) is 15.4. The van der Waals surface area contributed by atoms with Crippen LogP contribution in [0.5, 0.6) is 0 Å². The first-order valence-electron chi connectivity index (χ1n) is 8.86. The molecule has 1 unspecified atom stereocenters. The molecule has 1 aromatic heterocycles. The molecule has 1 fully saturated rings. The summed E-state index contributed by atoms with van der Waals surface area (Å²) in [6, 6.07) is 10.7. The number of carbonyl (C=O) groups excluding carboxylic acids is 1. The second-order valence-electron chi connectivity index (χ2n) is 6.91. The standard InChI is InChI=1S/C19H24N4O/c24-18(19(8-11-20-12-9-19)23-13-3-10-21-23)22-17-7-6-15-4-1-2-5-16(15)14-17/h1-5,10,13,17,20H,6-9,11-12,14H2,(H,22,24). The lowest BCUT2D eigenvalue weighted by Gasteiger charge is -2.38. The molecule has 1 aliphatic carbocycles. The number of aryl methyl sites for hydroxylation is 1. The van der Waals surface area contributed by atoms with Crippen LogP contribution >= 0.6 is 0 Å². The largest absolute Gasteiger partial charge is 0.351 e. The molecule has 4 rings (SSSR count). The maximum absolute atomic E-state index is 13.2. The molecular weight excluding hydrogens is 300 g/mol. The normalized spacial score (nSPS) is 22.6. The zero-order valence-corrected chi connectivity index (χ0v) is 13.9. The average molecular weight is 324 g/mol. The fourth-order valence-electron chi connectivity index (χ4n) is 4.06. The van der Waals surface area contributed by atoms with Gasteiger partial charge in [0.15, 0.2) is 0 Å². The van der Waals surface area contributed by atoms with Gasteiger partial charge in [-0.2, -0.15) is 5.10 Å². The van der Waals surface area contributed by atoms with Crippen molar-refractivity contribution >= 4 is 5.91 Å². The Bertz CT molecular complexity index is 704. The third kappa shape index (κ3) is 2.73. The van der Waals surface area contributed by atoms with Gasteiger partial charge in [-0.15, -0.1) is 0 Å². The first-order chi connectivity index (χ1) is 11.8. The van der Waals surface area contributed by atoms with Crippen molar-refractivity contribution in [1.82, 2.24) is 20.4 Å². The van der Waals surface area contributed by atoms with Gasteiger partial charge in [0.25, 0.3) is 0 Å². The van der Waals surface area contributed by atoms with E-state index in [0.717, 1.165) is 45.2 Å². The van der Waals surface area contributed by atoms with Gasteiger partial charge in [0.2, 0.25) is 5.91 Å². The molecule has 0 saturated carbocycles. The summed E-state index contributed by atoms with van der Waals surface area (Å²) in [5.74, 6) is 0.122. The van der Waals surface area contributed by atoms with E-state index in [1.54, 1.807) is 6.20 Å². The fraction of sp³-hybridized carbons (Fsp3) is 0.474. The number of benzene rings is 1. The summed E-state index contributed by atoms with van der Waals surface area (Å²) in [6.07, 6.45) is 8.21. The Morgan fingerprint density at radius 3 is 2.75 bits per heavy atom. The highest BCUT2D eigenvalue weighted by atomic mass is 16.2. The van der Waals surface area contributed by atoms with Crippen molar-refractivity contribution in [2.75, 3.05) is 13.1 Å².